The molecule has 6 heteroatoms. The quantitative estimate of drug-likeness (QED) is 0.528. The molecule has 158 valence electrons. The topological polar surface area (TPSA) is 71.9 Å². The summed E-state index contributed by atoms with van der Waals surface area (Å²) in [5.74, 6) is 0.877. The number of aliphatic hydroxyl groups excluding tert-OH is 1. The van der Waals surface area contributed by atoms with Crippen molar-refractivity contribution in [2.24, 2.45) is 0 Å². The van der Waals surface area contributed by atoms with Gasteiger partial charge < -0.3 is 19.5 Å². The van der Waals surface area contributed by atoms with E-state index in [9.17, 15) is 4.79 Å². The van der Waals surface area contributed by atoms with Gasteiger partial charge in [-0.2, -0.15) is 0 Å². The van der Waals surface area contributed by atoms with Crippen LogP contribution in [0.15, 0.2) is 54.8 Å². The highest BCUT2D eigenvalue weighted by Gasteiger charge is 2.28. The molecular weight excluding hydrogens is 368 g/mol. The highest BCUT2D eigenvalue weighted by Crippen LogP contribution is 2.28. The molecule has 2 rings (SSSR count). The number of ether oxygens (including phenoxy) is 2. The van der Waals surface area contributed by atoms with Gasteiger partial charge in [-0.15, -0.1) is 0 Å². The Morgan fingerprint density at radius 2 is 2.00 bits per heavy atom. The second-order valence-corrected chi connectivity index (χ2v) is 8.20. The summed E-state index contributed by atoms with van der Waals surface area (Å²) in [6.07, 6.45) is 8.15. The van der Waals surface area contributed by atoms with E-state index in [-0.39, 0.29) is 18.0 Å². The largest absolute Gasteiger partial charge is 0.509 e. The number of aliphatic hydroxyl groups is 1. The van der Waals surface area contributed by atoms with Gasteiger partial charge in [-0.1, -0.05) is 24.8 Å². The second kappa shape index (κ2) is 10.1. The van der Waals surface area contributed by atoms with Gasteiger partial charge in [-0.3, -0.25) is 0 Å². The SMILES string of the molecule is C=C(O)/C=C\C=C/C(C)Oc1cccc(C2CCN(C(=O)OC(C)(C)C)CC2)n1. The van der Waals surface area contributed by atoms with E-state index in [4.69, 9.17) is 14.6 Å². The third-order valence-corrected chi connectivity index (χ3v) is 4.40. The molecule has 0 spiro atoms. The van der Waals surface area contributed by atoms with Crippen LogP contribution in [-0.2, 0) is 4.74 Å². The Morgan fingerprint density at radius 1 is 1.31 bits per heavy atom. The van der Waals surface area contributed by atoms with Crippen molar-refractivity contribution in [2.75, 3.05) is 13.1 Å². The number of amides is 1. The Balaban J connectivity index is 1.90. The molecule has 1 N–H and O–H groups in total. The van der Waals surface area contributed by atoms with E-state index in [1.807, 2.05) is 52.0 Å². The summed E-state index contributed by atoms with van der Waals surface area (Å²) in [5.41, 5.74) is 0.507. The summed E-state index contributed by atoms with van der Waals surface area (Å²) in [7, 11) is 0. The average Bonchev–Trinajstić information content (AvgIpc) is 2.64. The fourth-order valence-corrected chi connectivity index (χ4v) is 3.03. The first-order valence-corrected chi connectivity index (χ1v) is 9.98. The number of aromatic nitrogens is 1. The Bertz CT molecular complexity index is 756. The number of likely N-dealkylation sites (tertiary alicyclic amines) is 1. The van der Waals surface area contributed by atoms with Crippen LogP contribution in [0.3, 0.4) is 0 Å². The molecule has 1 aromatic heterocycles. The first kappa shape index (κ1) is 22.5. The predicted octanol–water partition coefficient (Wildman–Crippen LogP) is 5.15. The zero-order valence-electron chi connectivity index (χ0n) is 17.8. The Morgan fingerprint density at radius 3 is 2.62 bits per heavy atom. The number of rotatable bonds is 6. The first-order chi connectivity index (χ1) is 13.6. The van der Waals surface area contributed by atoms with Gasteiger partial charge in [0.1, 0.15) is 17.5 Å². The summed E-state index contributed by atoms with van der Waals surface area (Å²) in [6, 6.07) is 5.80. The van der Waals surface area contributed by atoms with E-state index in [1.54, 1.807) is 17.1 Å². The van der Waals surface area contributed by atoms with Crippen LogP contribution in [0.2, 0.25) is 0 Å². The standard InChI is InChI=1S/C23H32N2O4/c1-17(26)9-6-7-10-18(2)28-21-12-8-11-20(24-21)19-13-15-25(16-14-19)22(27)29-23(3,4)5/h6-12,18-19,26H,1,13-16H2,2-5H3/b9-6-,10-7-. The van der Waals surface area contributed by atoms with Crippen molar-refractivity contribution in [1.82, 2.24) is 9.88 Å². The molecule has 2 heterocycles. The van der Waals surface area contributed by atoms with Gasteiger partial charge in [0, 0.05) is 30.8 Å². The first-order valence-electron chi connectivity index (χ1n) is 9.98. The van der Waals surface area contributed by atoms with Crippen LogP contribution in [0.5, 0.6) is 5.88 Å². The van der Waals surface area contributed by atoms with Gasteiger partial charge in [0.15, 0.2) is 0 Å². The predicted molar refractivity (Wildman–Crippen MR) is 114 cm³/mol. The lowest BCUT2D eigenvalue weighted by Crippen LogP contribution is -2.41. The van der Waals surface area contributed by atoms with Crippen LogP contribution >= 0.6 is 0 Å². The molecule has 1 amide bonds. The van der Waals surface area contributed by atoms with Gasteiger partial charge in [0.25, 0.3) is 0 Å². The minimum Gasteiger partial charge on any atom is -0.509 e. The zero-order valence-corrected chi connectivity index (χ0v) is 17.8. The van der Waals surface area contributed by atoms with Gasteiger partial charge >= 0.3 is 6.09 Å². The number of nitrogens with zero attached hydrogens (tertiary/aromatic N) is 2. The van der Waals surface area contributed by atoms with Crippen molar-refractivity contribution >= 4 is 6.09 Å². The molecule has 0 saturated carbocycles. The monoisotopic (exact) mass is 400 g/mol. The second-order valence-electron chi connectivity index (χ2n) is 8.20. The van der Waals surface area contributed by atoms with Gasteiger partial charge in [0.05, 0.1) is 0 Å². The Labute approximate surface area is 173 Å². The van der Waals surface area contributed by atoms with Crippen LogP contribution in [-0.4, -0.2) is 45.9 Å². The van der Waals surface area contributed by atoms with E-state index in [0.29, 0.717) is 24.9 Å². The van der Waals surface area contributed by atoms with Gasteiger partial charge in [0.2, 0.25) is 5.88 Å². The molecular formula is C23H32N2O4. The Kier molecular flexibility index (Phi) is 7.88. The molecule has 1 fully saturated rings. The van der Waals surface area contributed by atoms with E-state index in [0.717, 1.165) is 18.5 Å². The summed E-state index contributed by atoms with van der Waals surface area (Å²) >= 11 is 0. The molecule has 0 aliphatic carbocycles. The fraction of sp³-hybridized carbons (Fsp3) is 0.478. The van der Waals surface area contributed by atoms with E-state index in [1.165, 1.54) is 6.08 Å². The van der Waals surface area contributed by atoms with E-state index < -0.39 is 5.60 Å². The minimum atomic E-state index is -0.478. The summed E-state index contributed by atoms with van der Waals surface area (Å²) in [4.78, 5) is 18.6. The molecule has 0 bridgehead atoms. The lowest BCUT2D eigenvalue weighted by molar-refractivity contribution is 0.0204. The molecule has 1 aliphatic heterocycles. The normalized spacial score (nSPS) is 16.9. The van der Waals surface area contributed by atoms with Crippen molar-refractivity contribution in [3.05, 3.63) is 60.5 Å². The number of allylic oxidation sites excluding steroid dienone is 3. The summed E-state index contributed by atoms with van der Waals surface area (Å²) < 4.78 is 11.3. The average molecular weight is 401 g/mol. The number of carbonyl (C=O) groups is 1. The summed E-state index contributed by atoms with van der Waals surface area (Å²) in [5, 5.41) is 9.02. The van der Waals surface area contributed by atoms with Crippen LogP contribution in [0.4, 0.5) is 4.79 Å². The maximum Gasteiger partial charge on any atom is 0.410 e. The number of hydrogen-bond acceptors (Lipinski definition) is 5. The molecule has 29 heavy (non-hydrogen) atoms. The maximum absolute atomic E-state index is 12.2. The van der Waals surface area contributed by atoms with Crippen molar-refractivity contribution < 1.29 is 19.4 Å². The Hall–Kier alpha value is -2.76. The molecule has 6 nitrogen and oxygen atoms in total. The van der Waals surface area contributed by atoms with Crippen LogP contribution in [0, 0.1) is 0 Å². The van der Waals surface area contributed by atoms with Crippen LogP contribution < -0.4 is 4.74 Å². The third-order valence-electron chi connectivity index (χ3n) is 4.40. The molecule has 1 atom stereocenters. The number of carbonyl (C=O) groups excluding carboxylic acids is 1. The molecule has 1 aromatic rings. The lowest BCUT2D eigenvalue weighted by Gasteiger charge is -2.33. The van der Waals surface area contributed by atoms with E-state index >= 15 is 0 Å². The van der Waals surface area contributed by atoms with Crippen molar-refractivity contribution in [3.8, 4) is 5.88 Å². The van der Waals surface area contributed by atoms with Gasteiger partial charge in [-0.25, -0.2) is 9.78 Å². The summed E-state index contributed by atoms with van der Waals surface area (Å²) in [6.45, 7) is 12.3. The molecule has 1 saturated heterocycles. The molecule has 0 aromatic carbocycles. The number of pyridine rings is 1. The highest BCUT2D eigenvalue weighted by molar-refractivity contribution is 5.68. The van der Waals surface area contributed by atoms with Crippen molar-refractivity contribution in [2.45, 2.75) is 58.2 Å². The van der Waals surface area contributed by atoms with E-state index in [2.05, 4.69) is 11.6 Å². The zero-order chi connectivity index (χ0) is 21.4. The van der Waals surface area contributed by atoms with Gasteiger partial charge in [-0.05, 0) is 58.8 Å². The molecule has 0 radical (unpaired) electrons. The number of piperidine rings is 1. The van der Waals surface area contributed by atoms with Crippen LogP contribution in [0.25, 0.3) is 0 Å². The molecule has 1 aliphatic rings. The number of hydrogen-bond donors (Lipinski definition) is 1. The lowest BCUT2D eigenvalue weighted by atomic mass is 9.93. The molecule has 1 unspecified atom stereocenters. The maximum atomic E-state index is 12.2. The smallest absolute Gasteiger partial charge is 0.410 e. The van der Waals surface area contributed by atoms with Crippen molar-refractivity contribution in [1.29, 1.82) is 0 Å². The minimum absolute atomic E-state index is 0.00954. The van der Waals surface area contributed by atoms with Crippen molar-refractivity contribution in [3.63, 3.8) is 0 Å². The van der Waals surface area contributed by atoms with Crippen LogP contribution in [0.1, 0.15) is 52.1 Å². The third kappa shape index (κ3) is 8.02. The fourth-order valence-electron chi connectivity index (χ4n) is 3.03. The highest BCUT2D eigenvalue weighted by atomic mass is 16.6.